The van der Waals surface area contributed by atoms with E-state index >= 15 is 0 Å². The zero-order chi connectivity index (χ0) is 23.3. The Hall–Kier alpha value is -3.86. The Morgan fingerprint density at radius 2 is 1.94 bits per heavy atom. The van der Waals surface area contributed by atoms with Crippen LogP contribution < -0.4 is 22.0 Å². The summed E-state index contributed by atoms with van der Waals surface area (Å²) in [5.74, 6) is -2.90. The predicted octanol–water partition coefficient (Wildman–Crippen LogP) is 1.35. The Balaban J connectivity index is 1.75. The number of nitrogen functional groups attached to an aromatic ring is 1. The van der Waals surface area contributed by atoms with Crippen LogP contribution in [0.3, 0.4) is 0 Å². The Morgan fingerprint density at radius 3 is 2.61 bits per heavy atom. The van der Waals surface area contributed by atoms with Gasteiger partial charge in [-0.3, -0.25) is 10.5 Å². The molecule has 11 heteroatoms. The van der Waals surface area contributed by atoms with E-state index in [4.69, 9.17) is 10.5 Å². The zero-order valence-corrected chi connectivity index (χ0v) is 17.7. The van der Waals surface area contributed by atoms with E-state index in [9.17, 15) is 18.4 Å². The quantitative estimate of drug-likeness (QED) is 0.500. The number of benzene rings is 1. The molecular weight excluding hydrogens is 434 g/mol. The summed E-state index contributed by atoms with van der Waals surface area (Å²) >= 11 is 0. The lowest BCUT2D eigenvalue weighted by atomic mass is 10.0. The van der Waals surface area contributed by atoms with Crippen LogP contribution in [0.5, 0.6) is 0 Å². The second kappa shape index (κ2) is 7.62. The highest BCUT2D eigenvalue weighted by molar-refractivity contribution is 5.88. The number of rotatable bonds is 4. The molecule has 4 aromatic rings. The number of aromatic nitrogens is 5. The highest BCUT2D eigenvalue weighted by Gasteiger charge is 2.41. The molecule has 170 valence electrons. The van der Waals surface area contributed by atoms with Gasteiger partial charge in [0.05, 0.1) is 18.2 Å². The van der Waals surface area contributed by atoms with Gasteiger partial charge >= 0.3 is 11.6 Å². The van der Waals surface area contributed by atoms with Gasteiger partial charge in [-0.2, -0.15) is 4.68 Å². The van der Waals surface area contributed by atoms with Crippen LogP contribution >= 0.6 is 0 Å². The standard InChI is InChI=1S/C22H20F2N6O3/c1-28-10-14(7-8-16(28)31)17-18(13-5-3-2-4-6-13)26-20(25)30-19(17)27-29(21(30)32)11-15-9-22(23,24)12-33-15/h2-8,10,15H,9,11-12H2,1H3,(H2,25,26)/p+1. The Labute approximate surface area is 185 Å². The summed E-state index contributed by atoms with van der Waals surface area (Å²) in [6.07, 6.45) is 0.304. The van der Waals surface area contributed by atoms with Gasteiger partial charge in [0.25, 0.3) is 5.92 Å². The van der Waals surface area contributed by atoms with Crippen molar-refractivity contribution in [3.63, 3.8) is 0 Å². The third-order valence-corrected chi connectivity index (χ3v) is 5.68. The van der Waals surface area contributed by atoms with Crippen molar-refractivity contribution in [2.24, 2.45) is 7.05 Å². The molecule has 0 bridgehead atoms. The molecule has 0 spiro atoms. The van der Waals surface area contributed by atoms with Crippen molar-refractivity contribution in [3.05, 3.63) is 69.5 Å². The molecule has 1 unspecified atom stereocenters. The smallest absolute Gasteiger partial charge is 0.370 e. The second-order valence-electron chi connectivity index (χ2n) is 8.11. The second-order valence-corrected chi connectivity index (χ2v) is 8.11. The summed E-state index contributed by atoms with van der Waals surface area (Å²) in [4.78, 5) is 28.2. The Kier molecular flexibility index (Phi) is 4.85. The van der Waals surface area contributed by atoms with Crippen LogP contribution in [0.2, 0.25) is 0 Å². The van der Waals surface area contributed by atoms with Crippen molar-refractivity contribution >= 4 is 11.6 Å². The molecule has 5 rings (SSSR count). The number of hydrogen-bond donors (Lipinski definition) is 1. The topological polar surface area (TPSA) is 111 Å². The molecule has 1 fully saturated rings. The predicted molar refractivity (Wildman–Crippen MR) is 116 cm³/mol. The third kappa shape index (κ3) is 3.69. The number of pyridine rings is 1. The molecule has 1 aliphatic rings. The molecular formula is C22H21F2N6O3+. The van der Waals surface area contributed by atoms with Gasteiger partial charge in [-0.25, -0.2) is 18.6 Å². The minimum atomic E-state index is -2.93. The van der Waals surface area contributed by atoms with Crippen molar-refractivity contribution in [2.75, 3.05) is 12.3 Å². The van der Waals surface area contributed by atoms with E-state index in [1.807, 2.05) is 30.3 Å². The number of aryl methyl sites for hydroxylation is 1. The summed E-state index contributed by atoms with van der Waals surface area (Å²) in [7, 11) is 1.62. The maximum absolute atomic E-state index is 13.6. The lowest BCUT2D eigenvalue weighted by molar-refractivity contribution is -0.351. The summed E-state index contributed by atoms with van der Waals surface area (Å²) < 4.78 is 36.0. The normalized spacial score (nSPS) is 17.6. The minimum absolute atomic E-state index is 0.0337. The number of hydrogen-bond acceptors (Lipinski definition) is 5. The van der Waals surface area contributed by atoms with E-state index in [1.54, 1.807) is 19.3 Å². The highest BCUT2D eigenvalue weighted by atomic mass is 19.3. The molecule has 9 nitrogen and oxygen atoms in total. The number of nitrogens with zero attached hydrogens (tertiary/aromatic N) is 4. The molecule has 33 heavy (non-hydrogen) atoms. The number of fused-ring (bicyclic) bond motifs is 1. The van der Waals surface area contributed by atoms with E-state index in [-0.39, 0.29) is 23.7 Å². The van der Waals surface area contributed by atoms with E-state index in [2.05, 4.69) is 10.1 Å². The summed E-state index contributed by atoms with van der Waals surface area (Å²) in [5.41, 5.74) is 8.22. The van der Waals surface area contributed by atoms with Crippen LogP contribution in [-0.2, 0) is 18.3 Å². The zero-order valence-electron chi connectivity index (χ0n) is 17.7. The first-order chi connectivity index (χ1) is 15.7. The average Bonchev–Trinajstić information content (AvgIpc) is 3.29. The van der Waals surface area contributed by atoms with E-state index < -0.39 is 30.7 Å². The molecule has 1 atom stereocenters. The molecule has 1 aliphatic heterocycles. The number of halogens is 2. The van der Waals surface area contributed by atoms with Crippen LogP contribution in [-0.4, -0.2) is 37.4 Å². The lowest BCUT2D eigenvalue weighted by Crippen LogP contribution is -2.30. The first-order valence-corrected chi connectivity index (χ1v) is 10.3. The molecule has 0 amide bonds. The molecule has 1 saturated heterocycles. The Morgan fingerprint density at radius 1 is 1.18 bits per heavy atom. The number of nitrogens with one attached hydrogen (secondary N) is 1. The van der Waals surface area contributed by atoms with Gasteiger partial charge in [0.2, 0.25) is 11.2 Å². The molecule has 4 heterocycles. The van der Waals surface area contributed by atoms with Crippen molar-refractivity contribution in [3.8, 4) is 22.4 Å². The van der Waals surface area contributed by atoms with E-state index in [0.29, 0.717) is 16.8 Å². The number of H-pyrrole nitrogens is 1. The molecule has 3 aromatic heterocycles. The van der Waals surface area contributed by atoms with Crippen LogP contribution in [0.1, 0.15) is 6.42 Å². The van der Waals surface area contributed by atoms with E-state index in [1.165, 1.54) is 15.0 Å². The van der Waals surface area contributed by atoms with Crippen molar-refractivity contribution in [2.45, 2.75) is 25.0 Å². The number of nitrogens with two attached hydrogens (primary N) is 1. The highest BCUT2D eigenvalue weighted by Crippen LogP contribution is 2.32. The summed E-state index contributed by atoms with van der Waals surface area (Å²) in [6, 6.07) is 12.4. The maximum Gasteiger partial charge on any atom is 0.411 e. The molecule has 0 radical (unpaired) electrons. The fourth-order valence-electron chi connectivity index (χ4n) is 4.10. The molecule has 0 saturated carbocycles. The van der Waals surface area contributed by atoms with Crippen molar-refractivity contribution in [1.82, 2.24) is 18.7 Å². The van der Waals surface area contributed by atoms with Crippen molar-refractivity contribution in [1.29, 1.82) is 0 Å². The van der Waals surface area contributed by atoms with Crippen LogP contribution in [0.25, 0.3) is 28.0 Å². The largest absolute Gasteiger partial charge is 0.411 e. The summed E-state index contributed by atoms with van der Waals surface area (Å²) in [5, 5.41) is 4.45. The van der Waals surface area contributed by atoms with Gasteiger partial charge in [0.15, 0.2) is 0 Å². The van der Waals surface area contributed by atoms with Gasteiger partial charge in [0.1, 0.15) is 12.3 Å². The van der Waals surface area contributed by atoms with Crippen LogP contribution in [0.4, 0.5) is 14.7 Å². The lowest BCUT2D eigenvalue weighted by Gasteiger charge is -2.10. The Bertz CT molecular complexity index is 1480. The molecule has 0 aliphatic carbocycles. The maximum atomic E-state index is 13.6. The van der Waals surface area contributed by atoms with E-state index in [0.717, 1.165) is 10.2 Å². The van der Waals surface area contributed by atoms with Gasteiger partial charge in [-0.05, 0) is 6.07 Å². The number of anilines is 1. The van der Waals surface area contributed by atoms with Gasteiger partial charge in [-0.1, -0.05) is 30.3 Å². The van der Waals surface area contributed by atoms with Crippen LogP contribution in [0.15, 0.2) is 58.3 Å². The van der Waals surface area contributed by atoms with Gasteiger partial charge in [-0.15, -0.1) is 9.50 Å². The third-order valence-electron chi connectivity index (χ3n) is 5.68. The van der Waals surface area contributed by atoms with Gasteiger partial charge in [0, 0.05) is 36.9 Å². The summed E-state index contributed by atoms with van der Waals surface area (Å²) in [6.45, 7) is -0.819. The van der Waals surface area contributed by atoms with Crippen LogP contribution in [0, 0.1) is 0 Å². The monoisotopic (exact) mass is 455 g/mol. The molecule has 3 N–H and O–H groups in total. The average molecular weight is 455 g/mol. The van der Waals surface area contributed by atoms with Crippen molar-refractivity contribution < 1.29 is 18.5 Å². The number of aromatic amines is 1. The molecule has 1 aromatic carbocycles. The minimum Gasteiger partial charge on any atom is -0.370 e. The number of ether oxygens (including phenoxy) is 1. The number of alkyl halides is 2. The fraction of sp³-hybridized carbons (Fsp3) is 0.273. The first kappa shape index (κ1) is 21.0. The first-order valence-electron chi connectivity index (χ1n) is 10.3. The fourth-order valence-corrected chi connectivity index (χ4v) is 4.10. The SMILES string of the molecule is Cn1cc(-c2c(-c3ccccc3)[nH+]c(N)n3c(=O)n(CC4CC(F)(F)CO4)nc23)ccc1=O. The van der Waals surface area contributed by atoms with Gasteiger partial charge < -0.3 is 9.30 Å².